The quantitative estimate of drug-likeness (QED) is 0.497. The molecule has 0 radical (unpaired) electrons. The number of hydrogen-bond donors (Lipinski definition) is 1. The SMILES string of the molecule is Cc1ccc(C)c(NC(=O)Cc2nc(COC(=O)CSCc3noc(C)n3)cs2)c1. The van der Waals surface area contributed by atoms with E-state index in [4.69, 9.17) is 9.26 Å². The van der Waals surface area contributed by atoms with Gasteiger partial charge in [0.2, 0.25) is 11.8 Å². The van der Waals surface area contributed by atoms with Gasteiger partial charge in [0.05, 0.1) is 23.6 Å². The Kier molecular flexibility index (Phi) is 7.58. The summed E-state index contributed by atoms with van der Waals surface area (Å²) in [5.41, 5.74) is 3.52. The average molecular weight is 447 g/mol. The van der Waals surface area contributed by atoms with Crippen molar-refractivity contribution in [2.45, 2.75) is 39.6 Å². The number of hydrogen-bond acceptors (Lipinski definition) is 9. The van der Waals surface area contributed by atoms with E-state index in [2.05, 4.69) is 20.4 Å². The van der Waals surface area contributed by atoms with Gasteiger partial charge in [-0.05, 0) is 31.0 Å². The molecular weight excluding hydrogens is 424 g/mol. The van der Waals surface area contributed by atoms with Gasteiger partial charge in [-0.3, -0.25) is 9.59 Å². The van der Waals surface area contributed by atoms with Crippen molar-refractivity contribution in [1.29, 1.82) is 0 Å². The van der Waals surface area contributed by atoms with E-state index < -0.39 is 0 Å². The zero-order valence-electron chi connectivity index (χ0n) is 16.9. The molecule has 2 aromatic heterocycles. The minimum absolute atomic E-state index is 0.0792. The molecule has 158 valence electrons. The third-order valence-electron chi connectivity index (χ3n) is 3.98. The largest absolute Gasteiger partial charge is 0.459 e. The van der Waals surface area contributed by atoms with Gasteiger partial charge >= 0.3 is 5.97 Å². The van der Waals surface area contributed by atoms with E-state index in [-0.39, 0.29) is 30.7 Å². The summed E-state index contributed by atoms with van der Waals surface area (Å²) in [5.74, 6) is 1.23. The van der Waals surface area contributed by atoms with Crippen LogP contribution in [0.2, 0.25) is 0 Å². The fourth-order valence-electron chi connectivity index (χ4n) is 2.52. The van der Waals surface area contributed by atoms with Gasteiger partial charge in [0, 0.05) is 18.0 Å². The van der Waals surface area contributed by atoms with Crippen molar-refractivity contribution in [1.82, 2.24) is 15.1 Å². The van der Waals surface area contributed by atoms with Crippen LogP contribution >= 0.6 is 23.1 Å². The van der Waals surface area contributed by atoms with Gasteiger partial charge in [-0.2, -0.15) is 4.98 Å². The monoisotopic (exact) mass is 446 g/mol. The summed E-state index contributed by atoms with van der Waals surface area (Å²) in [6.45, 7) is 5.72. The molecule has 0 unspecified atom stereocenters. The lowest BCUT2D eigenvalue weighted by molar-refractivity contribution is -0.141. The van der Waals surface area contributed by atoms with Crippen molar-refractivity contribution < 1.29 is 18.8 Å². The van der Waals surface area contributed by atoms with Crippen LogP contribution in [0.5, 0.6) is 0 Å². The number of anilines is 1. The molecule has 0 aliphatic rings. The van der Waals surface area contributed by atoms with Crippen LogP contribution in [0.25, 0.3) is 0 Å². The Balaban J connectivity index is 1.40. The molecule has 0 bridgehead atoms. The first-order valence-electron chi connectivity index (χ1n) is 9.22. The van der Waals surface area contributed by atoms with Crippen molar-refractivity contribution in [3.63, 3.8) is 0 Å². The summed E-state index contributed by atoms with van der Waals surface area (Å²) in [4.78, 5) is 32.6. The molecule has 10 heteroatoms. The summed E-state index contributed by atoms with van der Waals surface area (Å²) in [7, 11) is 0. The lowest BCUT2D eigenvalue weighted by atomic mass is 10.1. The lowest BCUT2D eigenvalue weighted by Crippen LogP contribution is -2.15. The van der Waals surface area contributed by atoms with Crippen molar-refractivity contribution in [2.75, 3.05) is 11.1 Å². The minimum Gasteiger partial charge on any atom is -0.459 e. The van der Waals surface area contributed by atoms with Crippen LogP contribution in [0.4, 0.5) is 5.69 Å². The summed E-state index contributed by atoms with van der Waals surface area (Å²) in [5, 5.41) is 9.15. The number of thioether (sulfide) groups is 1. The Labute approximate surface area is 182 Å². The fraction of sp³-hybridized carbons (Fsp3) is 0.350. The number of benzene rings is 1. The molecular formula is C20H22N4O4S2. The molecule has 1 aromatic carbocycles. The first-order chi connectivity index (χ1) is 14.4. The maximum Gasteiger partial charge on any atom is 0.316 e. The number of rotatable bonds is 9. The molecule has 0 spiro atoms. The van der Waals surface area contributed by atoms with Crippen LogP contribution in [0, 0.1) is 20.8 Å². The Hall–Kier alpha value is -2.72. The molecule has 0 atom stereocenters. The van der Waals surface area contributed by atoms with E-state index >= 15 is 0 Å². The number of esters is 1. The second-order valence-electron chi connectivity index (χ2n) is 6.66. The predicted octanol–water partition coefficient (Wildman–Crippen LogP) is 3.61. The highest BCUT2D eigenvalue weighted by Crippen LogP contribution is 2.18. The second-order valence-corrected chi connectivity index (χ2v) is 8.59. The van der Waals surface area contributed by atoms with Crippen molar-refractivity contribution in [3.8, 4) is 0 Å². The van der Waals surface area contributed by atoms with Gasteiger partial charge in [0.15, 0.2) is 5.82 Å². The number of nitrogens with zero attached hydrogens (tertiary/aromatic N) is 3. The maximum atomic E-state index is 12.3. The minimum atomic E-state index is -0.345. The van der Waals surface area contributed by atoms with Crippen LogP contribution in [0.15, 0.2) is 28.1 Å². The maximum absolute atomic E-state index is 12.3. The highest BCUT2D eigenvalue weighted by atomic mass is 32.2. The third kappa shape index (κ3) is 6.67. The standard InChI is InChI=1S/C20H22N4O4S2/c1-12-4-5-13(2)16(6-12)23-18(25)7-19-22-15(9-30-19)8-27-20(26)11-29-10-17-21-14(3)28-24-17/h4-6,9H,7-8,10-11H2,1-3H3,(H,23,25). The topological polar surface area (TPSA) is 107 Å². The van der Waals surface area contributed by atoms with Gasteiger partial charge in [-0.25, -0.2) is 4.98 Å². The van der Waals surface area contributed by atoms with E-state index in [1.54, 1.807) is 12.3 Å². The smallest absolute Gasteiger partial charge is 0.316 e. The van der Waals surface area contributed by atoms with Crippen LogP contribution in [0.1, 0.15) is 33.5 Å². The molecule has 0 aliphatic carbocycles. The summed E-state index contributed by atoms with van der Waals surface area (Å²) >= 11 is 2.72. The molecule has 1 amide bonds. The first-order valence-corrected chi connectivity index (χ1v) is 11.3. The molecule has 1 N–H and O–H groups in total. The van der Waals surface area contributed by atoms with Crippen LogP contribution < -0.4 is 5.32 Å². The number of carbonyl (C=O) groups is 2. The van der Waals surface area contributed by atoms with E-state index in [1.807, 2.05) is 32.0 Å². The van der Waals surface area contributed by atoms with E-state index in [1.165, 1.54) is 23.1 Å². The zero-order chi connectivity index (χ0) is 21.5. The first kappa shape index (κ1) is 22.0. The number of thiazole rings is 1. The van der Waals surface area contributed by atoms with E-state index in [0.29, 0.717) is 28.2 Å². The predicted molar refractivity (Wildman–Crippen MR) is 115 cm³/mol. The molecule has 3 rings (SSSR count). The van der Waals surface area contributed by atoms with Gasteiger partial charge in [-0.15, -0.1) is 23.1 Å². The zero-order valence-corrected chi connectivity index (χ0v) is 18.6. The molecule has 8 nitrogen and oxygen atoms in total. The molecule has 0 saturated heterocycles. The number of aromatic nitrogens is 3. The highest BCUT2D eigenvalue weighted by molar-refractivity contribution is 7.99. The molecule has 2 heterocycles. The van der Waals surface area contributed by atoms with Crippen molar-refractivity contribution >= 4 is 40.7 Å². The van der Waals surface area contributed by atoms with Gasteiger partial charge in [0.25, 0.3) is 0 Å². The Morgan fingerprint density at radius 2 is 2.07 bits per heavy atom. The highest BCUT2D eigenvalue weighted by Gasteiger charge is 2.12. The number of amides is 1. The molecule has 3 aromatic rings. The Morgan fingerprint density at radius 1 is 1.23 bits per heavy atom. The normalized spacial score (nSPS) is 10.8. The van der Waals surface area contributed by atoms with Crippen molar-refractivity contribution in [3.05, 3.63) is 57.1 Å². The molecule has 0 saturated carbocycles. The number of aryl methyl sites for hydroxylation is 3. The molecule has 30 heavy (non-hydrogen) atoms. The third-order valence-corrected chi connectivity index (χ3v) is 5.78. The molecule has 0 fully saturated rings. The van der Waals surface area contributed by atoms with Gasteiger partial charge in [-0.1, -0.05) is 17.3 Å². The van der Waals surface area contributed by atoms with Crippen LogP contribution in [-0.2, 0) is 33.1 Å². The van der Waals surface area contributed by atoms with E-state index in [9.17, 15) is 9.59 Å². The Morgan fingerprint density at radius 3 is 2.83 bits per heavy atom. The summed E-state index contributed by atoms with van der Waals surface area (Å²) < 4.78 is 10.1. The van der Waals surface area contributed by atoms with Gasteiger partial charge in [0.1, 0.15) is 11.6 Å². The lowest BCUT2D eigenvalue weighted by Gasteiger charge is -2.08. The van der Waals surface area contributed by atoms with Crippen LogP contribution in [-0.4, -0.2) is 32.8 Å². The molecule has 0 aliphatic heterocycles. The number of ether oxygens (including phenoxy) is 1. The Bertz CT molecular complexity index is 1030. The van der Waals surface area contributed by atoms with Crippen molar-refractivity contribution in [2.24, 2.45) is 0 Å². The second kappa shape index (κ2) is 10.4. The average Bonchev–Trinajstić information content (AvgIpc) is 3.31. The summed E-state index contributed by atoms with van der Waals surface area (Å²) in [6.07, 6.45) is 0.173. The number of nitrogens with one attached hydrogen (secondary N) is 1. The number of carbonyl (C=O) groups excluding carboxylic acids is 2. The fourth-order valence-corrected chi connectivity index (χ4v) is 3.95. The van der Waals surface area contributed by atoms with E-state index in [0.717, 1.165) is 16.8 Å². The van der Waals surface area contributed by atoms with Gasteiger partial charge < -0.3 is 14.6 Å². The van der Waals surface area contributed by atoms with Crippen LogP contribution in [0.3, 0.4) is 0 Å². The summed E-state index contributed by atoms with van der Waals surface area (Å²) in [6, 6.07) is 5.92.